The first-order valence-corrected chi connectivity index (χ1v) is 37.8. The number of aromatic nitrogens is 15. The van der Waals surface area contributed by atoms with Crippen molar-refractivity contribution in [2.45, 2.75) is 20.8 Å². The second-order valence-electron chi connectivity index (χ2n) is 25.7. The number of anilines is 18. The molecule has 0 aliphatic rings. The van der Waals surface area contributed by atoms with Crippen LogP contribution in [-0.2, 0) is 0 Å². The summed E-state index contributed by atoms with van der Waals surface area (Å²) in [6, 6.07) is 87.2. The highest BCUT2D eigenvalue weighted by atomic mass is 16.5. The predicted octanol–water partition coefficient (Wildman–Crippen LogP) is 15.4. The fourth-order valence-corrected chi connectivity index (χ4v) is 10.5. The largest absolute Gasteiger partial charge is 0.467 e. The molecule has 0 atom stereocenters. The molecule has 0 radical (unpaired) electrons. The number of para-hydroxylation sites is 5. The van der Waals surface area contributed by atoms with Gasteiger partial charge in [0.1, 0.15) is 0 Å². The Morgan fingerprint density at radius 2 is 0.415 bits per heavy atom. The molecule has 5 amide bonds. The molecule has 618 valence electrons. The Balaban J connectivity index is 0.000000150. The van der Waals surface area contributed by atoms with Crippen molar-refractivity contribution < 1.29 is 33.4 Å². The summed E-state index contributed by atoms with van der Waals surface area (Å²) in [7, 11) is 8.00. The van der Waals surface area contributed by atoms with E-state index in [1.165, 1.54) is 14.2 Å². The predicted molar refractivity (Wildman–Crippen MR) is 476 cm³/mol. The second-order valence-corrected chi connectivity index (χ2v) is 25.7. The second kappa shape index (κ2) is 44.6. The van der Waals surface area contributed by atoms with Gasteiger partial charge in [-0.3, -0.25) is 50.6 Å². The fourth-order valence-electron chi connectivity index (χ4n) is 10.5. The molecule has 0 saturated heterocycles. The quantitative estimate of drug-likeness (QED) is 0.0253. The summed E-state index contributed by atoms with van der Waals surface area (Å²) in [6.07, 6.45) is 0. The molecule has 0 saturated carbocycles. The highest BCUT2D eigenvalue weighted by molar-refractivity contribution is 6.06. The lowest BCUT2D eigenvalue weighted by Crippen LogP contribution is -2.16. The molecule has 123 heavy (non-hydrogen) atoms. The molecule has 15 rings (SSSR count). The summed E-state index contributed by atoms with van der Waals surface area (Å²) >= 11 is 0. The van der Waals surface area contributed by atoms with Crippen molar-refractivity contribution in [1.82, 2.24) is 74.8 Å². The van der Waals surface area contributed by atoms with Gasteiger partial charge in [-0.2, -0.15) is 74.8 Å². The highest BCUT2D eigenvalue weighted by Gasteiger charge is 2.18. The summed E-state index contributed by atoms with van der Waals surface area (Å²) in [5, 5.41) is 37.3. The Kier molecular flexibility index (Phi) is 31.4. The van der Waals surface area contributed by atoms with Crippen LogP contribution in [0.15, 0.2) is 285 Å². The summed E-state index contributed by atoms with van der Waals surface area (Å²) < 4.78 is 10.2. The third-order valence-electron chi connectivity index (χ3n) is 16.4. The van der Waals surface area contributed by atoms with Crippen molar-refractivity contribution in [3.63, 3.8) is 0 Å². The van der Waals surface area contributed by atoms with Gasteiger partial charge in [0.2, 0.25) is 77.3 Å². The van der Waals surface area contributed by atoms with Crippen LogP contribution in [-0.4, -0.2) is 140 Å². The van der Waals surface area contributed by atoms with E-state index in [1.807, 2.05) is 221 Å². The number of benzene rings is 10. The molecule has 35 nitrogen and oxygen atoms in total. The van der Waals surface area contributed by atoms with E-state index in [2.05, 4.69) is 144 Å². The lowest BCUT2D eigenvalue weighted by atomic mass is 10.1. The Morgan fingerprint density at radius 1 is 0.211 bits per heavy atom. The summed E-state index contributed by atoms with van der Waals surface area (Å²) in [5.41, 5.74) is 9.87. The first kappa shape index (κ1) is 86.5. The van der Waals surface area contributed by atoms with Crippen LogP contribution in [0.25, 0.3) is 0 Å². The molecule has 5 heterocycles. The van der Waals surface area contributed by atoms with E-state index in [4.69, 9.17) is 9.47 Å². The number of methoxy groups -OCH3 is 2. The van der Waals surface area contributed by atoms with Crippen molar-refractivity contribution in [1.29, 1.82) is 0 Å². The zero-order valence-corrected chi connectivity index (χ0v) is 67.7. The molecule has 0 bridgehead atoms. The van der Waals surface area contributed by atoms with Crippen LogP contribution in [0.5, 0.6) is 12.0 Å². The number of hydrogen-bond acceptors (Lipinski definition) is 30. The summed E-state index contributed by atoms with van der Waals surface area (Å²) in [4.78, 5) is 124. The van der Waals surface area contributed by atoms with Crippen LogP contribution in [0.1, 0.15) is 68.5 Å². The van der Waals surface area contributed by atoms with Gasteiger partial charge in [0.15, 0.2) is 0 Å². The normalized spacial score (nSPS) is 10.1. The van der Waals surface area contributed by atoms with Gasteiger partial charge in [-0.05, 0) is 142 Å². The smallest absolute Gasteiger partial charge is 0.322 e. The molecule has 0 fully saturated rings. The number of carbonyl (C=O) groups is 5. The standard InChI is InChI=1S/2C18H18N6O.C18H17N5O2.C17H16N6O.C17H15N5O2/c1-12-7-6-8-13(11-12)15(25)21-18-23-16(19-2)22-17(24-18)20-14-9-4-3-5-10-14;1-12-8-10-13(11-9-12)15(25)21-18-23-16(19-2)22-17(24-18)20-14-6-4-3-5-7-14;1-12-7-6-8-13(11-12)15(24)20-17-21-16(22-18(23-17)25-2)19-14-9-4-3-5-10-14;1-18-15-21-16(19-13-10-6-3-7-11-13)23-17(22-15)20-14(24)12-8-4-2-5-9-12;1-24-17-21-15(18-13-10-6-3-7-11-13)20-16(22-17)19-14(23)12-8-4-2-5-9-12/h2*3-11H,1-2H3,(H3,19,20,21,22,23,24,25);3-11H,1-2H3,(H2,19,20,21,22,23,24);2-11H,1H3,(H3,18,19,20,21,22,23,24);2-11H,1H3,(H2,18,19,20,21,22,23). The van der Waals surface area contributed by atoms with Crippen molar-refractivity contribution in [2.24, 2.45) is 0 Å². The minimum atomic E-state index is -0.311. The van der Waals surface area contributed by atoms with Crippen molar-refractivity contribution in [3.8, 4) is 12.0 Å². The molecule has 0 spiro atoms. The molecule has 0 aliphatic carbocycles. The van der Waals surface area contributed by atoms with Gasteiger partial charge in [-0.25, -0.2) is 0 Å². The molecule has 5 aromatic heterocycles. The topological polar surface area (TPSA) is 454 Å². The lowest BCUT2D eigenvalue weighted by Gasteiger charge is -2.09. The maximum atomic E-state index is 12.4. The number of aryl methyl sites for hydroxylation is 3. The van der Waals surface area contributed by atoms with Crippen molar-refractivity contribution >= 4 is 135 Å². The van der Waals surface area contributed by atoms with E-state index in [1.54, 1.807) is 106 Å². The number of amides is 5. The van der Waals surface area contributed by atoms with Gasteiger partial charge < -0.3 is 52.0 Å². The molecular weight excluding hydrogens is 1560 g/mol. The number of nitrogens with one attached hydrogen (secondary N) is 13. The van der Waals surface area contributed by atoms with Gasteiger partial charge in [0.25, 0.3) is 29.5 Å². The van der Waals surface area contributed by atoms with Crippen LogP contribution in [0.3, 0.4) is 0 Å². The minimum Gasteiger partial charge on any atom is -0.467 e. The van der Waals surface area contributed by atoms with E-state index >= 15 is 0 Å². The highest BCUT2D eigenvalue weighted by Crippen LogP contribution is 2.24. The summed E-state index contributed by atoms with van der Waals surface area (Å²) in [5.74, 6) is 1.90. The Morgan fingerprint density at radius 3 is 0.667 bits per heavy atom. The molecule has 0 unspecified atom stereocenters. The fraction of sp³-hybridized carbons (Fsp3) is 0.0909. The van der Waals surface area contributed by atoms with Crippen LogP contribution in [0.4, 0.5) is 106 Å². The molecule has 15 aromatic rings. The van der Waals surface area contributed by atoms with Gasteiger partial charge in [-0.15, -0.1) is 0 Å². The third kappa shape index (κ3) is 27.9. The number of ether oxygens (including phenoxy) is 2. The molecule has 0 aliphatic heterocycles. The third-order valence-corrected chi connectivity index (χ3v) is 16.4. The number of nitrogens with zero attached hydrogens (tertiary/aromatic N) is 15. The average Bonchev–Trinajstić information content (AvgIpc) is 0.787. The van der Waals surface area contributed by atoms with Crippen LogP contribution in [0.2, 0.25) is 0 Å². The van der Waals surface area contributed by atoms with E-state index in [0.717, 1.165) is 45.1 Å². The monoisotopic (exact) mass is 1640 g/mol. The first-order valence-electron chi connectivity index (χ1n) is 37.8. The van der Waals surface area contributed by atoms with Crippen molar-refractivity contribution in [2.75, 3.05) is 104 Å². The number of hydrogen-bond donors (Lipinski definition) is 13. The Bertz CT molecular complexity index is 5680. The lowest BCUT2D eigenvalue weighted by molar-refractivity contribution is 0.101. The Labute approximate surface area is 706 Å². The number of rotatable bonds is 25. The van der Waals surface area contributed by atoms with Gasteiger partial charge in [0, 0.05) is 77.4 Å². The van der Waals surface area contributed by atoms with Gasteiger partial charge in [0.05, 0.1) is 14.2 Å². The maximum Gasteiger partial charge on any atom is 0.322 e. The van der Waals surface area contributed by atoms with Crippen LogP contribution < -0.4 is 78.6 Å². The molecule has 13 N–H and O–H groups in total. The van der Waals surface area contributed by atoms with Gasteiger partial charge in [-0.1, -0.05) is 180 Å². The molecule has 10 aromatic carbocycles. The Hall–Kier alpha value is -17.4. The SMILES string of the molecule is CNc1nc(NC(=O)c2ccc(C)cc2)nc(Nc2ccccc2)n1.CNc1nc(NC(=O)c2cccc(C)c2)nc(Nc2ccccc2)n1.CNc1nc(NC(=O)c2ccccc2)nc(Nc2ccccc2)n1.COc1nc(NC(=O)c2cccc(C)c2)nc(Nc2ccccc2)n1.COc1nc(NC(=O)c2ccccc2)nc(Nc2ccccc2)n1. The van der Waals surface area contributed by atoms with Crippen LogP contribution in [0, 0.1) is 20.8 Å². The molecular formula is C88H84N28O7. The number of carbonyl (C=O) groups excluding carboxylic acids is 5. The van der Waals surface area contributed by atoms with E-state index in [9.17, 15) is 24.0 Å². The van der Waals surface area contributed by atoms with Gasteiger partial charge >= 0.3 is 12.0 Å². The van der Waals surface area contributed by atoms with Crippen molar-refractivity contribution in [3.05, 3.63) is 330 Å². The maximum absolute atomic E-state index is 12.4. The zero-order valence-electron chi connectivity index (χ0n) is 67.7. The van der Waals surface area contributed by atoms with E-state index in [-0.39, 0.29) is 83.2 Å². The first-order chi connectivity index (χ1) is 59.9. The minimum absolute atomic E-state index is 0.104. The zero-order chi connectivity index (χ0) is 86.5. The molecule has 35 heteroatoms. The van der Waals surface area contributed by atoms with E-state index in [0.29, 0.717) is 63.5 Å². The van der Waals surface area contributed by atoms with Crippen LogP contribution >= 0.6 is 0 Å². The summed E-state index contributed by atoms with van der Waals surface area (Å²) in [6.45, 7) is 5.82. The van der Waals surface area contributed by atoms with E-state index < -0.39 is 0 Å². The average molecular weight is 1650 g/mol.